The van der Waals surface area contributed by atoms with Gasteiger partial charge in [-0.2, -0.15) is 9.61 Å². The second kappa shape index (κ2) is 8.33. The molecule has 0 fully saturated rings. The molecule has 0 atom stereocenters. The molecule has 4 aromatic rings. The molecule has 1 amide bonds. The Hall–Kier alpha value is -3.37. The van der Waals surface area contributed by atoms with Crippen molar-refractivity contribution in [3.05, 3.63) is 60.4 Å². The number of anilines is 1. The number of nitrogens with one attached hydrogen (secondary N) is 2. The molecule has 0 aliphatic rings. The topological polar surface area (TPSA) is 93.4 Å². The van der Waals surface area contributed by atoms with Crippen LogP contribution in [-0.4, -0.2) is 37.4 Å². The predicted octanol–water partition coefficient (Wildman–Crippen LogP) is 3.38. The van der Waals surface area contributed by atoms with Gasteiger partial charge in [0.2, 0.25) is 4.96 Å². The van der Waals surface area contributed by atoms with Gasteiger partial charge in [-0.1, -0.05) is 23.5 Å². The second-order valence-electron chi connectivity index (χ2n) is 5.91. The van der Waals surface area contributed by atoms with E-state index in [-0.39, 0.29) is 11.0 Å². The first-order valence-electron chi connectivity index (χ1n) is 8.75. The van der Waals surface area contributed by atoms with Crippen molar-refractivity contribution >= 4 is 45.2 Å². The SMILES string of the molecule is CCOc1ccc(C(=O)NC(=S)Nc2cccc(-c3nn4cnnc4s3)c2)cc1. The molecule has 8 nitrogen and oxygen atoms in total. The Balaban J connectivity index is 1.41. The molecular weight excluding hydrogens is 408 g/mol. The van der Waals surface area contributed by atoms with E-state index in [9.17, 15) is 4.79 Å². The Bertz CT molecular complexity index is 1140. The van der Waals surface area contributed by atoms with Crippen LogP contribution in [0.3, 0.4) is 0 Å². The monoisotopic (exact) mass is 424 g/mol. The molecular formula is C19H16N6O2S2. The van der Waals surface area contributed by atoms with E-state index in [1.54, 1.807) is 35.1 Å². The number of hydrogen-bond donors (Lipinski definition) is 2. The molecule has 10 heteroatoms. The van der Waals surface area contributed by atoms with E-state index >= 15 is 0 Å². The Morgan fingerprint density at radius 3 is 2.83 bits per heavy atom. The van der Waals surface area contributed by atoms with Crippen LogP contribution < -0.4 is 15.4 Å². The molecule has 0 saturated heterocycles. The van der Waals surface area contributed by atoms with Gasteiger partial charge in [-0.3, -0.25) is 10.1 Å². The lowest BCUT2D eigenvalue weighted by Crippen LogP contribution is -2.34. The van der Waals surface area contributed by atoms with Crippen LogP contribution in [0.15, 0.2) is 54.9 Å². The van der Waals surface area contributed by atoms with Crippen LogP contribution in [0.2, 0.25) is 0 Å². The summed E-state index contributed by atoms with van der Waals surface area (Å²) in [5.74, 6) is 0.419. The quantitative estimate of drug-likeness (QED) is 0.474. The molecule has 146 valence electrons. The lowest BCUT2D eigenvalue weighted by atomic mass is 10.2. The van der Waals surface area contributed by atoms with E-state index in [4.69, 9.17) is 17.0 Å². The lowest BCUT2D eigenvalue weighted by Gasteiger charge is -2.10. The summed E-state index contributed by atoms with van der Waals surface area (Å²) in [5, 5.41) is 19.0. The summed E-state index contributed by atoms with van der Waals surface area (Å²) in [4.78, 5) is 13.1. The van der Waals surface area contributed by atoms with E-state index in [2.05, 4.69) is 25.9 Å². The van der Waals surface area contributed by atoms with Gasteiger partial charge >= 0.3 is 0 Å². The minimum Gasteiger partial charge on any atom is -0.494 e. The van der Waals surface area contributed by atoms with Crippen LogP contribution in [0.25, 0.3) is 15.5 Å². The highest BCUT2D eigenvalue weighted by atomic mass is 32.1. The van der Waals surface area contributed by atoms with Gasteiger partial charge in [-0.25, -0.2) is 0 Å². The highest BCUT2D eigenvalue weighted by Crippen LogP contribution is 2.26. The van der Waals surface area contributed by atoms with Crippen LogP contribution in [0.4, 0.5) is 5.69 Å². The maximum Gasteiger partial charge on any atom is 0.257 e. The molecule has 0 unspecified atom stereocenters. The average molecular weight is 425 g/mol. The standard InChI is InChI=1S/C19H16N6O2S2/c1-2-27-15-8-6-12(7-9-15)16(26)22-18(28)21-14-5-3-4-13(10-14)17-24-25-11-20-23-19(25)29-17/h3-11H,2H2,1H3,(H2,21,22,26,28). The number of amides is 1. The third kappa shape index (κ3) is 4.39. The molecule has 2 N–H and O–H groups in total. The molecule has 29 heavy (non-hydrogen) atoms. The van der Waals surface area contributed by atoms with E-state index in [1.165, 1.54) is 11.3 Å². The number of thiocarbonyl (C=S) groups is 1. The number of rotatable bonds is 5. The summed E-state index contributed by atoms with van der Waals surface area (Å²) in [6.45, 7) is 2.48. The van der Waals surface area contributed by atoms with Crippen molar-refractivity contribution in [3.63, 3.8) is 0 Å². The molecule has 2 heterocycles. The molecule has 0 spiro atoms. The van der Waals surface area contributed by atoms with Gasteiger partial charge in [-0.15, -0.1) is 10.2 Å². The molecule has 4 rings (SSSR count). The second-order valence-corrected chi connectivity index (χ2v) is 7.28. The van der Waals surface area contributed by atoms with E-state index in [0.29, 0.717) is 17.9 Å². The summed E-state index contributed by atoms with van der Waals surface area (Å²) in [6, 6.07) is 14.5. The summed E-state index contributed by atoms with van der Waals surface area (Å²) < 4.78 is 7.01. The highest BCUT2D eigenvalue weighted by Gasteiger charge is 2.11. The van der Waals surface area contributed by atoms with Crippen LogP contribution in [0.5, 0.6) is 5.75 Å². The molecule has 0 aliphatic heterocycles. The van der Waals surface area contributed by atoms with Gasteiger partial charge in [0.05, 0.1) is 6.61 Å². The Morgan fingerprint density at radius 1 is 1.24 bits per heavy atom. The fourth-order valence-corrected chi connectivity index (χ4v) is 3.64. The molecule has 0 saturated carbocycles. The number of ether oxygens (including phenoxy) is 1. The molecule has 0 aliphatic carbocycles. The number of carbonyl (C=O) groups is 1. The normalized spacial score (nSPS) is 10.7. The van der Waals surface area contributed by atoms with Gasteiger partial charge in [0, 0.05) is 16.8 Å². The Morgan fingerprint density at radius 2 is 2.07 bits per heavy atom. The van der Waals surface area contributed by atoms with Gasteiger partial charge in [0.25, 0.3) is 5.91 Å². The molecule has 0 bridgehead atoms. The van der Waals surface area contributed by atoms with Crippen LogP contribution in [-0.2, 0) is 0 Å². The zero-order chi connectivity index (χ0) is 20.2. The number of nitrogens with zero attached hydrogens (tertiary/aromatic N) is 4. The van der Waals surface area contributed by atoms with Gasteiger partial charge in [0.15, 0.2) is 5.11 Å². The van der Waals surface area contributed by atoms with Gasteiger partial charge < -0.3 is 10.1 Å². The first kappa shape index (κ1) is 19.0. The predicted molar refractivity (Wildman–Crippen MR) is 115 cm³/mol. The maximum absolute atomic E-state index is 12.4. The van der Waals surface area contributed by atoms with E-state index in [0.717, 1.165) is 21.2 Å². The average Bonchev–Trinajstić information content (AvgIpc) is 3.31. The smallest absolute Gasteiger partial charge is 0.257 e. The first-order valence-corrected chi connectivity index (χ1v) is 9.97. The minimum atomic E-state index is -0.296. The highest BCUT2D eigenvalue weighted by molar-refractivity contribution is 7.80. The van der Waals surface area contributed by atoms with Crippen LogP contribution in [0, 0.1) is 0 Å². The van der Waals surface area contributed by atoms with Crippen LogP contribution in [0.1, 0.15) is 17.3 Å². The summed E-state index contributed by atoms with van der Waals surface area (Å²) in [6.07, 6.45) is 1.56. The Kier molecular flexibility index (Phi) is 5.45. The van der Waals surface area contributed by atoms with Crippen molar-refractivity contribution in [2.75, 3.05) is 11.9 Å². The number of aromatic nitrogens is 4. The largest absolute Gasteiger partial charge is 0.494 e. The maximum atomic E-state index is 12.4. The van der Waals surface area contributed by atoms with Crippen molar-refractivity contribution in [1.29, 1.82) is 0 Å². The Labute approximate surface area is 175 Å². The van der Waals surface area contributed by atoms with Crippen molar-refractivity contribution in [3.8, 4) is 16.3 Å². The molecule has 2 aromatic carbocycles. The third-order valence-corrected chi connectivity index (χ3v) is 5.07. The van der Waals surface area contributed by atoms with Crippen LogP contribution >= 0.6 is 23.6 Å². The number of carbonyl (C=O) groups excluding carboxylic acids is 1. The van der Waals surface area contributed by atoms with Gasteiger partial charge in [0.1, 0.15) is 17.1 Å². The third-order valence-electron chi connectivity index (χ3n) is 3.91. The lowest BCUT2D eigenvalue weighted by molar-refractivity contribution is 0.0977. The fraction of sp³-hybridized carbons (Fsp3) is 0.105. The molecule has 0 radical (unpaired) electrons. The van der Waals surface area contributed by atoms with Crippen molar-refractivity contribution in [2.45, 2.75) is 6.92 Å². The fourth-order valence-electron chi connectivity index (χ4n) is 2.61. The number of hydrogen-bond acceptors (Lipinski definition) is 7. The zero-order valence-corrected chi connectivity index (χ0v) is 17.0. The zero-order valence-electron chi connectivity index (χ0n) is 15.3. The first-order chi connectivity index (χ1) is 14.1. The summed E-state index contributed by atoms with van der Waals surface area (Å²) >= 11 is 6.71. The van der Waals surface area contributed by atoms with E-state index < -0.39 is 0 Å². The minimum absolute atomic E-state index is 0.208. The van der Waals surface area contributed by atoms with Gasteiger partial charge in [-0.05, 0) is 55.5 Å². The van der Waals surface area contributed by atoms with Crippen molar-refractivity contribution < 1.29 is 9.53 Å². The van der Waals surface area contributed by atoms with E-state index in [1.807, 2.05) is 31.2 Å². The summed E-state index contributed by atoms with van der Waals surface area (Å²) in [5.41, 5.74) is 2.14. The summed E-state index contributed by atoms with van der Waals surface area (Å²) in [7, 11) is 0. The number of benzene rings is 2. The van der Waals surface area contributed by atoms with Crippen molar-refractivity contribution in [1.82, 2.24) is 25.1 Å². The van der Waals surface area contributed by atoms with Crippen molar-refractivity contribution in [2.24, 2.45) is 0 Å². The molecule has 2 aromatic heterocycles. The number of fused-ring (bicyclic) bond motifs is 1.